The number of nitrogens with zero attached hydrogens (tertiary/aromatic N) is 3. The Bertz CT molecular complexity index is 3890. The van der Waals surface area contributed by atoms with Gasteiger partial charge in [-0.3, -0.25) is 24.1 Å². The van der Waals surface area contributed by atoms with E-state index < -0.39 is 72.6 Å². The van der Waals surface area contributed by atoms with Crippen LogP contribution in [-0.2, 0) is 48.1 Å². The van der Waals surface area contributed by atoms with Gasteiger partial charge in [-0.15, -0.1) is 0 Å². The number of benzene rings is 5. The lowest BCUT2D eigenvalue weighted by atomic mass is 9.45. The van der Waals surface area contributed by atoms with E-state index in [0.29, 0.717) is 81.0 Å². The number of hydrogen-bond acceptors (Lipinski definition) is 17. The second-order valence-electron chi connectivity index (χ2n) is 32.9. The number of ether oxygens (including phenoxy) is 2. The third kappa shape index (κ3) is 17.7. The molecule has 21 nitrogen and oxygen atoms in total. The molecule has 3 saturated heterocycles. The maximum Gasteiger partial charge on any atom is 0.498 e. The summed E-state index contributed by atoms with van der Waals surface area (Å²) in [5.74, 6) is 1.36. The van der Waals surface area contributed by atoms with Gasteiger partial charge in [0.15, 0.2) is 0 Å². The van der Waals surface area contributed by atoms with Crippen molar-refractivity contribution in [3.63, 3.8) is 0 Å². The first kappa shape index (κ1) is 82.8. The normalized spacial score (nSPS) is 28.8. The number of hydroxylamine groups is 4. The summed E-state index contributed by atoms with van der Waals surface area (Å²) in [4.78, 5) is 66.9. The van der Waals surface area contributed by atoms with Crippen LogP contribution in [0.3, 0.4) is 0 Å². The van der Waals surface area contributed by atoms with Gasteiger partial charge in [-0.1, -0.05) is 147 Å². The van der Waals surface area contributed by atoms with Crippen LogP contribution < -0.4 is 30.9 Å². The largest absolute Gasteiger partial charge is 0.498 e. The van der Waals surface area contributed by atoms with Crippen LogP contribution in [0.1, 0.15) is 146 Å². The summed E-state index contributed by atoms with van der Waals surface area (Å²) < 4.78 is 25.3. The van der Waals surface area contributed by atoms with Gasteiger partial charge in [0, 0.05) is 78.7 Å². The summed E-state index contributed by atoms with van der Waals surface area (Å²) in [6.07, 6.45) is 1.79. The van der Waals surface area contributed by atoms with Crippen molar-refractivity contribution in [1.82, 2.24) is 31.0 Å². The minimum absolute atomic E-state index is 0.0382. The van der Waals surface area contributed by atoms with Gasteiger partial charge in [-0.2, -0.15) is 10.1 Å². The number of aliphatic hydroxyl groups is 4. The number of halogens is 3. The summed E-state index contributed by atoms with van der Waals surface area (Å²) in [7, 11) is 6.58. The monoisotopic (exact) mass is 1570 g/mol. The number of para-hydroxylation sites is 2. The molecule has 0 aromatic heterocycles. The number of aromatic carboxylic acids is 1. The molecule has 5 aromatic carbocycles. The molecular weight excluding hydrogens is 1460 g/mol. The molecule has 4 bridgehead atoms. The number of carbonyl (C=O) groups excluding carboxylic acids is 3. The Morgan fingerprint density at radius 2 is 1.13 bits per heavy atom. The number of methoxy groups -OCH3 is 2. The number of rotatable bonds is 23. The van der Waals surface area contributed by atoms with Gasteiger partial charge < -0.3 is 65.2 Å². The van der Waals surface area contributed by atoms with E-state index in [1.165, 1.54) is 31.0 Å². The van der Waals surface area contributed by atoms with Crippen molar-refractivity contribution in [2.75, 3.05) is 48.1 Å². The van der Waals surface area contributed by atoms with Crippen LogP contribution >= 0.6 is 39.1 Å². The quantitative estimate of drug-likeness (QED) is 0.0282. The van der Waals surface area contributed by atoms with Crippen molar-refractivity contribution in [3.8, 4) is 22.6 Å². The minimum Gasteiger partial charge on any atom is -0.497 e. The van der Waals surface area contributed by atoms with Gasteiger partial charge >= 0.3 is 13.1 Å². The minimum atomic E-state index is -1.03. The zero-order chi connectivity index (χ0) is 77.4. The highest BCUT2D eigenvalue weighted by Gasteiger charge is 2.60. The molecule has 0 radical (unpaired) electrons. The molecule has 3 amide bonds. The van der Waals surface area contributed by atoms with Gasteiger partial charge in [0.1, 0.15) is 35.8 Å². The average molecular weight is 1570 g/mol. The third-order valence-corrected chi connectivity index (χ3v) is 25.6. The van der Waals surface area contributed by atoms with Crippen LogP contribution in [0.2, 0.25) is 10.0 Å². The van der Waals surface area contributed by atoms with E-state index in [4.69, 9.17) is 56.8 Å². The molecule has 0 spiro atoms. The molecule has 6 saturated carbocycles. The van der Waals surface area contributed by atoms with Gasteiger partial charge in [-0.05, 0) is 182 Å². The first-order valence-corrected chi connectivity index (χ1v) is 38.7. The Morgan fingerprint density at radius 3 is 1.57 bits per heavy atom. The number of carbonyl (C=O) groups is 4. The predicted octanol–water partition coefficient (Wildman–Crippen LogP) is 11.0. The molecule has 14 rings (SSSR count). The Balaban J connectivity index is 0.000000203. The summed E-state index contributed by atoms with van der Waals surface area (Å²) in [5.41, 5.74) is 5.17. The van der Waals surface area contributed by atoms with Crippen molar-refractivity contribution in [3.05, 3.63) is 145 Å². The lowest BCUT2D eigenvalue weighted by Gasteiger charge is -2.62. The fraction of sp³-hybridized carbons (Fsp3) is 0.580. The molecule has 9 aliphatic rings. The molecule has 6 aliphatic carbocycles. The number of carboxylic acid groups (broad SMARTS) is 1. The standard InChI is InChI=1S/C43H57BrN4O6.C31H49BN2O7.C7H4Cl2O2/c1-25-35-20-31(43(35,3)4)21-36(25)46-42(52)39-38(26(2)50)37(24-49)54-48(39)22-28-14-11-15-34(40(28)53-7)29-17-30(19-32(44)18-29)41(51)45-33(23-47(5)6)16-27-12-9-8-10-13-27;1-17-21-13-20(29(21,3)4)14-23(17)33-28(37)26-25(18(2)36)24(16-35)39-34(26)15-19-11-10-12-22(27(19)38-9)32-40-30(5,6)31(7,8)41-32;8-5-1-4(7(10)11)2-6(9)3-5/h8-15,17-19,25-26,31,33,35-39,49-50H,16,20-24H2,1-7H3,(H,45,51)(H,46,52);10-12,17-18,20-21,23-26,35-36H,13-16H2,1-9H3,(H,33,37);1-3H,(H,10,11)/t25-,26-,31+,33-,35-,36-,37-,38+,39-;17-,18-,20+,21-,23-,24-,25+,26-;/m00./s1. The Kier molecular flexibility index (Phi) is 26.4. The van der Waals surface area contributed by atoms with E-state index in [1.54, 1.807) is 38.2 Å². The lowest BCUT2D eigenvalue weighted by Crippen LogP contribution is -2.62. The fourth-order valence-corrected chi connectivity index (χ4v) is 19.0. The van der Waals surface area contributed by atoms with Gasteiger partial charge in [0.05, 0.1) is 69.5 Å². The van der Waals surface area contributed by atoms with Gasteiger partial charge in [0.2, 0.25) is 11.8 Å². The Labute approximate surface area is 644 Å². The van der Waals surface area contributed by atoms with Gasteiger partial charge in [-0.25, -0.2) is 4.79 Å². The Hall–Kier alpha value is -5.74. The molecule has 0 unspecified atom stereocenters. The average Bonchev–Trinajstić information content (AvgIpc) is 1.14. The summed E-state index contributed by atoms with van der Waals surface area (Å²) >= 11 is 14.7. The summed E-state index contributed by atoms with van der Waals surface area (Å²) in [6.45, 7) is 25.6. The number of hydrogen-bond donors (Lipinski definition) is 8. The summed E-state index contributed by atoms with van der Waals surface area (Å²) in [5, 5.41) is 64.5. The van der Waals surface area contributed by atoms with Crippen LogP contribution in [0, 0.1) is 58.2 Å². The number of nitrogens with one attached hydrogen (secondary N) is 3. The van der Waals surface area contributed by atoms with Crippen LogP contribution in [0.15, 0.2) is 108 Å². The molecule has 106 heavy (non-hydrogen) atoms. The molecule has 5 aromatic rings. The predicted molar refractivity (Wildman–Crippen MR) is 413 cm³/mol. The van der Waals surface area contributed by atoms with Crippen LogP contribution in [0.4, 0.5) is 0 Å². The highest BCUT2D eigenvalue weighted by atomic mass is 79.9. The van der Waals surface area contributed by atoms with E-state index in [1.807, 2.05) is 115 Å². The van der Waals surface area contributed by atoms with E-state index in [9.17, 15) is 39.6 Å². The third-order valence-electron chi connectivity index (χ3n) is 24.7. The first-order chi connectivity index (χ1) is 49.9. The maximum absolute atomic E-state index is 14.2. The zero-order valence-corrected chi connectivity index (χ0v) is 67.2. The number of carboxylic acids is 1. The number of likely N-dealkylation sites (N-methyl/N-ethyl adjacent to an activating group) is 1. The summed E-state index contributed by atoms with van der Waals surface area (Å²) in [6, 6.07) is 29.9. The first-order valence-electron chi connectivity index (χ1n) is 37.2. The molecule has 578 valence electrons. The molecule has 25 heteroatoms. The van der Waals surface area contributed by atoms with E-state index in [-0.39, 0.29) is 73.1 Å². The number of fused-ring (bicyclic) bond motifs is 4. The SMILES string of the molecule is COc1c(CN2O[C@@H](CO)[C@@H]([C@H](C)O)[C@H]2C(=O)N[C@H]2C[C@H]3C[C@@H]([C@@H]2C)C3(C)C)cccc1-c1cc(Br)cc(C(=O)N[C@@H](Cc2ccccc2)CN(C)C)c1.COc1c(CN2O[C@@H](CO)[C@@H]([C@H](C)O)[C@H]2C(=O)N[C@H]2C[C@H]3C[C@@H]([C@@H]2C)C3(C)C)cccc1B1OC(C)(C)C(C)(C)O1.O=C(O)c1cc(Cl)cc(Cl)c1. The van der Waals surface area contributed by atoms with Crippen molar-refractivity contribution in [2.45, 2.75) is 194 Å². The van der Waals surface area contributed by atoms with E-state index >= 15 is 0 Å². The Morgan fingerprint density at radius 1 is 0.651 bits per heavy atom. The number of aliphatic hydroxyl groups excluding tert-OH is 4. The highest BCUT2D eigenvalue weighted by Crippen LogP contribution is 2.62. The van der Waals surface area contributed by atoms with Crippen molar-refractivity contribution < 1.29 is 73.2 Å². The highest BCUT2D eigenvalue weighted by molar-refractivity contribution is 9.10. The second kappa shape index (κ2) is 33.9. The van der Waals surface area contributed by atoms with Crippen LogP contribution in [0.25, 0.3) is 11.1 Å². The topological polar surface area (TPSA) is 271 Å². The van der Waals surface area contributed by atoms with Crippen LogP contribution in [-0.4, -0.2) is 185 Å². The molecular formula is C81H110BBrCl2N6O15. The lowest BCUT2D eigenvalue weighted by molar-refractivity contribution is -0.183. The van der Waals surface area contributed by atoms with Crippen molar-refractivity contribution in [1.29, 1.82) is 0 Å². The van der Waals surface area contributed by atoms with Crippen molar-refractivity contribution in [2.24, 2.45) is 58.2 Å². The van der Waals surface area contributed by atoms with Crippen molar-refractivity contribution >= 4 is 75.4 Å². The molecule has 17 atom stereocenters. The zero-order valence-electron chi connectivity index (χ0n) is 64.1. The van der Waals surface area contributed by atoms with Crippen LogP contribution in [0.5, 0.6) is 11.5 Å². The van der Waals surface area contributed by atoms with E-state index in [0.717, 1.165) is 50.6 Å². The number of amides is 3. The van der Waals surface area contributed by atoms with E-state index in [2.05, 4.69) is 90.5 Å². The maximum atomic E-state index is 14.2. The fourth-order valence-electron chi connectivity index (χ4n) is 17.9. The molecule has 8 N–H and O–H groups in total. The molecule has 9 fully saturated rings. The van der Waals surface area contributed by atoms with Gasteiger partial charge in [0.25, 0.3) is 5.91 Å². The molecule has 3 aliphatic heterocycles. The second-order valence-corrected chi connectivity index (χ2v) is 34.7. The smallest absolute Gasteiger partial charge is 0.497 e. The molecule has 3 heterocycles.